The average molecular weight is 128 g/mol. The monoisotopic (exact) mass is 128 g/mol. The highest BCUT2D eigenvalue weighted by Gasteiger charge is 2.30. The van der Waals surface area contributed by atoms with Gasteiger partial charge in [-0.05, 0) is 26.9 Å². The van der Waals surface area contributed by atoms with Crippen LogP contribution in [0.4, 0.5) is 0 Å². The van der Waals surface area contributed by atoms with Crippen LogP contribution in [0.1, 0.15) is 25.7 Å². The minimum absolute atomic E-state index is 0.0278. The molecule has 9 heavy (non-hydrogen) atoms. The van der Waals surface area contributed by atoms with E-state index in [1.165, 1.54) is 25.7 Å². The van der Waals surface area contributed by atoms with Crippen LogP contribution in [0.3, 0.4) is 0 Å². The maximum Gasteiger partial charge on any atom is 0.0682 e. The normalized spacial score (nSPS) is 25.3. The minimum Gasteiger partial charge on any atom is -0.313 e. The maximum atomic E-state index is 6.03. The first-order chi connectivity index (χ1) is 4.15. The molecule has 0 amide bonds. The van der Waals surface area contributed by atoms with Crippen molar-refractivity contribution in [3.8, 4) is 0 Å². The Bertz CT molecular complexity index is 93.1. The average Bonchev–Trinajstić information content (AvgIpc) is 2.16. The summed E-state index contributed by atoms with van der Waals surface area (Å²) >= 11 is 0. The number of hydrogen-bond acceptors (Lipinski definition) is 2. The van der Waals surface area contributed by atoms with Gasteiger partial charge in [-0.25, -0.2) is 0 Å². The number of hydrogen-bond donors (Lipinski definition) is 1. The quantitative estimate of drug-likeness (QED) is 0.529. The Hall–Kier alpha value is -0.0800. The smallest absolute Gasteiger partial charge is 0.0682 e. The Kier molecular flexibility index (Phi) is 1.78. The van der Waals surface area contributed by atoms with E-state index in [9.17, 15) is 0 Å². The predicted molar refractivity (Wildman–Crippen MR) is 39.1 cm³/mol. The molecule has 0 saturated heterocycles. The molecule has 0 bridgehead atoms. The molecule has 1 aliphatic rings. The van der Waals surface area contributed by atoms with Gasteiger partial charge in [-0.2, -0.15) is 0 Å². The van der Waals surface area contributed by atoms with Crippen molar-refractivity contribution in [3.63, 3.8) is 0 Å². The molecule has 2 nitrogen and oxygen atoms in total. The summed E-state index contributed by atoms with van der Waals surface area (Å²) in [5, 5.41) is 0. The first-order valence-corrected chi connectivity index (χ1v) is 3.61. The van der Waals surface area contributed by atoms with Crippen LogP contribution < -0.4 is 5.73 Å². The molecule has 0 atom stereocenters. The molecule has 0 unspecified atom stereocenters. The summed E-state index contributed by atoms with van der Waals surface area (Å²) in [5.74, 6) is 0. The fourth-order valence-corrected chi connectivity index (χ4v) is 1.43. The van der Waals surface area contributed by atoms with Crippen LogP contribution in [0.5, 0.6) is 0 Å². The number of nitrogens with two attached hydrogens (primary N) is 1. The summed E-state index contributed by atoms with van der Waals surface area (Å²) in [6.07, 6.45) is 4.93. The van der Waals surface area contributed by atoms with Crippen LogP contribution in [-0.4, -0.2) is 24.7 Å². The van der Waals surface area contributed by atoms with Crippen LogP contribution in [0.15, 0.2) is 0 Å². The molecule has 1 aliphatic carbocycles. The first-order valence-electron chi connectivity index (χ1n) is 3.61. The molecule has 0 aromatic heterocycles. The summed E-state index contributed by atoms with van der Waals surface area (Å²) in [6.45, 7) is 0. The van der Waals surface area contributed by atoms with Gasteiger partial charge >= 0.3 is 0 Å². The van der Waals surface area contributed by atoms with Crippen molar-refractivity contribution >= 4 is 0 Å². The second-order valence-electron chi connectivity index (χ2n) is 3.21. The molecule has 0 aromatic rings. The third kappa shape index (κ3) is 1.25. The standard InChI is InChI=1S/C7H16N2/c1-9(2)7(8)5-3-4-6-7/h3-6,8H2,1-2H3. The highest BCUT2D eigenvalue weighted by atomic mass is 15.2. The fourth-order valence-electron chi connectivity index (χ4n) is 1.43. The number of rotatable bonds is 1. The topological polar surface area (TPSA) is 29.3 Å². The summed E-state index contributed by atoms with van der Waals surface area (Å²) in [5.41, 5.74) is 6.06. The molecule has 2 heteroatoms. The van der Waals surface area contributed by atoms with E-state index >= 15 is 0 Å². The van der Waals surface area contributed by atoms with E-state index < -0.39 is 0 Å². The van der Waals surface area contributed by atoms with Gasteiger partial charge in [-0.3, -0.25) is 4.90 Å². The molecule has 1 fully saturated rings. The molecule has 0 aromatic carbocycles. The van der Waals surface area contributed by atoms with Gasteiger partial charge in [0.15, 0.2) is 0 Å². The maximum absolute atomic E-state index is 6.03. The Labute approximate surface area is 57.0 Å². The minimum atomic E-state index is 0.0278. The summed E-state index contributed by atoms with van der Waals surface area (Å²) < 4.78 is 0. The summed E-state index contributed by atoms with van der Waals surface area (Å²) in [4.78, 5) is 2.14. The molecular formula is C7H16N2. The van der Waals surface area contributed by atoms with Crippen LogP contribution in [-0.2, 0) is 0 Å². The highest BCUT2D eigenvalue weighted by Crippen LogP contribution is 2.28. The fraction of sp³-hybridized carbons (Fsp3) is 1.00. The van der Waals surface area contributed by atoms with Gasteiger partial charge in [-0.1, -0.05) is 12.8 Å². The van der Waals surface area contributed by atoms with Gasteiger partial charge in [-0.15, -0.1) is 0 Å². The van der Waals surface area contributed by atoms with Gasteiger partial charge < -0.3 is 5.73 Å². The summed E-state index contributed by atoms with van der Waals surface area (Å²) in [7, 11) is 4.12. The largest absolute Gasteiger partial charge is 0.313 e. The lowest BCUT2D eigenvalue weighted by atomic mass is 10.1. The van der Waals surface area contributed by atoms with E-state index in [1.807, 2.05) is 0 Å². The van der Waals surface area contributed by atoms with E-state index in [1.54, 1.807) is 0 Å². The Balaban J connectivity index is 2.51. The van der Waals surface area contributed by atoms with Gasteiger partial charge in [0.25, 0.3) is 0 Å². The van der Waals surface area contributed by atoms with Crippen molar-refractivity contribution in [2.75, 3.05) is 14.1 Å². The lowest BCUT2D eigenvalue weighted by Crippen LogP contribution is -2.49. The molecule has 54 valence electrons. The third-order valence-corrected chi connectivity index (χ3v) is 2.36. The zero-order valence-electron chi connectivity index (χ0n) is 6.35. The second kappa shape index (κ2) is 2.27. The molecule has 0 spiro atoms. The molecule has 1 saturated carbocycles. The Morgan fingerprint density at radius 2 is 1.67 bits per heavy atom. The van der Waals surface area contributed by atoms with Gasteiger partial charge in [0.2, 0.25) is 0 Å². The van der Waals surface area contributed by atoms with Gasteiger partial charge in [0, 0.05) is 0 Å². The van der Waals surface area contributed by atoms with Crippen molar-refractivity contribution in [1.82, 2.24) is 4.90 Å². The van der Waals surface area contributed by atoms with Crippen molar-refractivity contribution in [2.24, 2.45) is 5.73 Å². The highest BCUT2D eigenvalue weighted by molar-refractivity contribution is 4.85. The van der Waals surface area contributed by atoms with Gasteiger partial charge in [0.1, 0.15) is 0 Å². The van der Waals surface area contributed by atoms with Crippen molar-refractivity contribution in [3.05, 3.63) is 0 Å². The van der Waals surface area contributed by atoms with Crippen molar-refractivity contribution < 1.29 is 0 Å². The zero-order chi connectivity index (χ0) is 6.91. The lowest BCUT2D eigenvalue weighted by Gasteiger charge is -2.31. The van der Waals surface area contributed by atoms with Crippen LogP contribution >= 0.6 is 0 Å². The molecular weight excluding hydrogens is 112 g/mol. The van der Waals surface area contributed by atoms with Crippen molar-refractivity contribution in [2.45, 2.75) is 31.3 Å². The number of nitrogens with zero attached hydrogens (tertiary/aromatic N) is 1. The Morgan fingerprint density at radius 3 is 1.89 bits per heavy atom. The van der Waals surface area contributed by atoms with E-state index in [4.69, 9.17) is 5.73 Å². The van der Waals surface area contributed by atoms with Gasteiger partial charge in [0.05, 0.1) is 5.66 Å². The zero-order valence-corrected chi connectivity index (χ0v) is 6.35. The Morgan fingerprint density at radius 1 is 1.22 bits per heavy atom. The van der Waals surface area contributed by atoms with Crippen LogP contribution in [0, 0.1) is 0 Å². The first kappa shape index (κ1) is 7.03. The van der Waals surface area contributed by atoms with Crippen molar-refractivity contribution in [1.29, 1.82) is 0 Å². The second-order valence-corrected chi connectivity index (χ2v) is 3.21. The predicted octanol–water partition coefficient (Wildman–Crippen LogP) is 0.777. The molecule has 1 rings (SSSR count). The molecule has 0 aliphatic heterocycles. The van der Waals surface area contributed by atoms with E-state index in [2.05, 4.69) is 19.0 Å². The van der Waals surface area contributed by atoms with E-state index in [0.29, 0.717) is 0 Å². The SMILES string of the molecule is CN(C)C1(N)CCCC1. The third-order valence-electron chi connectivity index (χ3n) is 2.36. The summed E-state index contributed by atoms with van der Waals surface area (Å²) in [6, 6.07) is 0. The lowest BCUT2D eigenvalue weighted by molar-refractivity contribution is 0.166. The molecule has 0 radical (unpaired) electrons. The van der Waals surface area contributed by atoms with Crippen LogP contribution in [0.2, 0.25) is 0 Å². The molecule has 2 N–H and O–H groups in total. The van der Waals surface area contributed by atoms with E-state index in [-0.39, 0.29) is 5.66 Å². The molecule has 0 heterocycles. The van der Waals surface area contributed by atoms with Crippen LogP contribution in [0.25, 0.3) is 0 Å². The van der Waals surface area contributed by atoms with E-state index in [0.717, 1.165) is 0 Å².